The van der Waals surface area contributed by atoms with Gasteiger partial charge in [-0.1, -0.05) is 0 Å². The first-order valence-electron chi connectivity index (χ1n) is 6.11. The lowest BCUT2D eigenvalue weighted by molar-refractivity contribution is 0.499. The Kier molecular flexibility index (Phi) is 3.74. The van der Waals surface area contributed by atoms with Crippen LogP contribution in [-0.4, -0.2) is 42.9 Å². The monoisotopic (exact) mass is 272 g/mol. The smallest absolute Gasteiger partial charge is 0.278 e. The van der Waals surface area contributed by atoms with Crippen molar-refractivity contribution < 1.29 is 8.42 Å². The van der Waals surface area contributed by atoms with E-state index in [1.807, 2.05) is 13.1 Å². The lowest BCUT2D eigenvalue weighted by Gasteiger charge is -2.14. The average molecular weight is 272 g/mol. The average Bonchev–Trinajstić information content (AvgIpc) is 3.05. The number of hydrogen-bond donors (Lipinski definition) is 1. The molecule has 1 N–H and O–H groups in total. The van der Waals surface area contributed by atoms with Gasteiger partial charge < -0.3 is 4.57 Å². The van der Waals surface area contributed by atoms with Crippen LogP contribution in [0.4, 0.5) is 0 Å². The highest BCUT2D eigenvalue weighted by Gasteiger charge is 2.28. The lowest BCUT2D eigenvalue weighted by Crippen LogP contribution is -2.37. The van der Waals surface area contributed by atoms with Gasteiger partial charge in [0.25, 0.3) is 10.2 Å². The van der Waals surface area contributed by atoms with E-state index in [9.17, 15) is 8.42 Å². The van der Waals surface area contributed by atoms with E-state index in [0.29, 0.717) is 19.0 Å². The molecule has 102 valence electrons. The molecule has 18 heavy (non-hydrogen) atoms. The van der Waals surface area contributed by atoms with Crippen molar-refractivity contribution in [3.05, 3.63) is 17.7 Å². The number of aryl methyl sites for hydroxylation is 1. The summed E-state index contributed by atoms with van der Waals surface area (Å²) in [6.07, 6.45) is 4.24. The first-order chi connectivity index (χ1) is 8.42. The van der Waals surface area contributed by atoms with E-state index >= 15 is 0 Å². The van der Waals surface area contributed by atoms with Crippen LogP contribution in [0.15, 0.2) is 6.20 Å². The Hall–Kier alpha value is -0.920. The molecule has 0 unspecified atom stereocenters. The second kappa shape index (κ2) is 4.99. The number of nitrogens with one attached hydrogen (secondary N) is 1. The highest BCUT2D eigenvalue weighted by molar-refractivity contribution is 7.87. The molecule has 1 aliphatic carbocycles. The van der Waals surface area contributed by atoms with E-state index in [1.54, 1.807) is 0 Å². The van der Waals surface area contributed by atoms with Crippen molar-refractivity contribution in [2.75, 3.05) is 20.6 Å². The Morgan fingerprint density at radius 2 is 2.17 bits per heavy atom. The van der Waals surface area contributed by atoms with E-state index in [2.05, 4.69) is 14.3 Å². The molecule has 7 heteroatoms. The van der Waals surface area contributed by atoms with Crippen molar-refractivity contribution >= 4 is 10.2 Å². The summed E-state index contributed by atoms with van der Waals surface area (Å²) in [5.41, 5.74) is 1.08. The molecule has 0 bridgehead atoms. The number of hydrogen-bond acceptors (Lipinski definition) is 3. The van der Waals surface area contributed by atoms with Crippen LogP contribution in [0.3, 0.4) is 0 Å². The van der Waals surface area contributed by atoms with Crippen molar-refractivity contribution in [3.8, 4) is 0 Å². The molecule has 1 aromatic rings. The molecule has 0 saturated heterocycles. The van der Waals surface area contributed by atoms with Crippen LogP contribution in [0, 0.1) is 6.92 Å². The van der Waals surface area contributed by atoms with Crippen LogP contribution in [-0.2, 0) is 16.8 Å². The molecule has 6 nitrogen and oxygen atoms in total. The molecule has 1 aromatic heterocycles. The Balaban J connectivity index is 1.96. The summed E-state index contributed by atoms with van der Waals surface area (Å²) in [7, 11) is -0.304. The standard InChI is InChI=1S/C11H20N4O2S/c1-9-8-12-11(10-4-5-10)15(9)7-6-13-18(16,17)14(2)3/h8,10,13H,4-7H2,1-3H3. The quantitative estimate of drug-likeness (QED) is 0.818. The molecule has 0 spiro atoms. The zero-order valence-corrected chi connectivity index (χ0v) is 11.9. The van der Waals surface area contributed by atoms with Crippen LogP contribution in [0.1, 0.15) is 30.3 Å². The zero-order chi connectivity index (χ0) is 13.3. The van der Waals surface area contributed by atoms with Crippen molar-refractivity contribution in [2.45, 2.75) is 32.2 Å². The molecule has 1 heterocycles. The third-order valence-electron chi connectivity index (χ3n) is 3.13. The third-order valence-corrected chi connectivity index (χ3v) is 4.66. The predicted molar refractivity (Wildman–Crippen MR) is 69.5 cm³/mol. The van der Waals surface area contributed by atoms with Crippen molar-refractivity contribution in [1.82, 2.24) is 18.6 Å². The molecule has 0 aromatic carbocycles. The maximum absolute atomic E-state index is 11.6. The van der Waals surface area contributed by atoms with Crippen LogP contribution >= 0.6 is 0 Å². The highest BCUT2D eigenvalue weighted by atomic mass is 32.2. The molecular weight excluding hydrogens is 252 g/mol. The SMILES string of the molecule is Cc1cnc(C2CC2)n1CCNS(=O)(=O)N(C)C. The maximum Gasteiger partial charge on any atom is 0.278 e. The molecule has 1 saturated carbocycles. The van der Waals surface area contributed by atoms with Gasteiger partial charge in [0, 0.05) is 45.0 Å². The summed E-state index contributed by atoms with van der Waals surface area (Å²) in [5, 5.41) is 0. The van der Waals surface area contributed by atoms with E-state index in [0.717, 1.165) is 11.5 Å². The zero-order valence-electron chi connectivity index (χ0n) is 11.0. The predicted octanol–water partition coefficient (Wildman–Crippen LogP) is 0.465. The summed E-state index contributed by atoms with van der Waals surface area (Å²) in [6, 6.07) is 0. The molecule has 1 fully saturated rings. The summed E-state index contributed by atoms with van der Waals surface area (Å²) >= 11 is 0. The van der Waals surface area contributed by atoms with E-state index in [4.69, 9.17) is 0 Å². The molecule has 0 amide bonds. The molecule has 1 aliphatic rings. The van der Waals surface area contributed by atoms with Crippen LogP contribution in [0.25, 0.3) is 0 Å². The summed E-state index contributed by atoms with van der Waals surface area (Å²) < 4.78 is 29.0. The summed E-state index contributed by atoms with van der Waals surface area (Å²) in [5.74, 6) is 1.67. The van der Waals surface area contributed by atoms with Gasteiger partial charge in [0.15, 0.2) is 0 Å². The molecule has 0 radical (unpaired) electrons. The van der Waals surface area contributed by atoms with Gasteiger partial charge in [0.1, 0.15) is 5.82 Å². The second-order valence-corrected chi connectivity index (χ2v) is 6.83. The van der Waals surface area contributed by atoms with Gasteiger partial charge in [0.2, 0.25) is 0 Å². The minimum absolute atomic E-state index is 0.386. The van der Waals surface area contributed by atoms with E-state index < -0.39 is 10.2 Å². The number of rotatable bonds is 6. The van der Waals surface area contributed by atoms with Gasteiger partial charge in [-0.25, -0.2) is 9.71 Å². The van der Waals surface area contributed by atoms with Crippen LogP contribution in [0.5, 0.6) is 0 Å². The normalized spacial score (nSPS) is 16.4. The van der Waals surface area contributed by atoms with Gasteiger partial charge in [-0.05, 0) is 19.8 Å². The van der Waals surface area contributed by atoms with Crippen LogP contribution in [0.2, 0.25) is 0 Å². The fraction of sp³-hybridized carbons (Fsp3) is 0.727. The van der Waals surface area contributed by atoms with Crippen LogP contribution < -0.4 is 4.72 Å². The van der Waals surface area contributed by atoms with Gasteiger partial charge in [-0.2, -0.15) is 12.7 Å². The molecule has 0 aliphatic heterocycles. The minimum atomic E-state index is -3.33. The summed E-state index contributed by atoms with van der Waals surface area (Å²) in [4.78, 5) is 4.40. The van der Waals surface area contributed by atoms with Crippen molar-refractivity contribution in [3.63, 3.8) is 0 Å². The molecule has 0 atom stereocenters. The minimum Gasteiger partial charge on any atom is -0.331 e. The highest BCUT2D eigenvalue weighted by Crippen LogP contribution is 2.39. The largest absolute Gasteiger partial charge is 0.331 e. The third kappa shape index (κ3) is 2.90. The Bertz CT molecular complexity index is 517. The maximum atomic E-state index is 11.6. The fourth-order valence-corrected chi connectivity index (χ4v) is 2.46. The molecular formula is C11H20N4O2S. The van der Waals surface area contributed by atoms with Gasteiger partial charge >= 0.3 is 0 Å². The molecule has 2 rings (SSSR count). The summed E-state index contributed by atoms with van der Waals surface area (Å²) in [6.45, 7) is 3.02. The lowest BCUT2D eigenvalue weighted by atomic mass is 10.4. The Labute approximate surface area is 108 Å². The second-order valence-electron chi connectivity index (χ2n) is 4.87. The van der Waals surface area contributed by atoms with E-state index in [-0.39, 0.29) is 0 Å². The first kappa shape index (κ1) is 13.5. The van der Waals surface area contributed by atoms with E-state index in [1.165, 1.54) is 31.2 Å². The number of imidazole rings is 1. The topological polar surface area (TPSA) is 67.2 Å². The number of aromatic nitrogens is 2. The number of nitrogens with zero attached hydrogens (tertiary/aromatic N) is 3. The van der Waals surface area contributed by atoms with Gasteiger partial charge in [-0.3, -0.25) is 0 Å². The van der Waals surface area contributed by atoms with Gasteiger partial charge in [-0.15, -0.1) is 0 Å². The fourth-order valence-electron chi connectivity index (χ4n) is 1.85. The Morgan fingerprint density at radius 3 is 2.72 bits per heavy atom. The Morgan fingerprint density at radius 1 is 1.50 bits per heavy atom. The van der Waals surface area contributed by atoms with Crippen molar-refractivity contribution in [2.24, 2.45) is 0 Å². The van der Waals surface area contributed by atoms with Crippen molar-refractivity contribution in [1.29, 1.82) is 0 Å². The first-order valence-corrected chi connectivity index (χ1v) is 7.55. The van der Waals surface area contributed by atoms with Gasteiger partial charge in [0.05, 0.1) is 0 Å².